The van der Waals surface area contributed by atoms with E-state index in [1.54, 1.807) is 0 Å². The number of amides is 2. The summed E-state index contributed by atoms with van der Waals surface area (Å²) in [6.45, 7) is 19.7. The first-order chi connectivity index (χ1) is 22.8. The van der Waals surface area contributed by atoms with Crippen LogP contribution in [-0.4, -0.2) is 34.1 Å². The van der Waals surface area contributed by atoms with E-state index in [1.807, 2.05) is 166 Å². The van der Waals surface area contributed by atoms with Crippen LogP contribution in [0.2, 0.25) is 0 Å². The highest BCUT2D eigenvalue weighted by Gasteiger charge is 2.49. The van der Waals surface area contributed by atoms with Crippen LogP contribution in [0.15, 0.2) is 97.1 Å². The molecule has 0 radical (unpaired) electrons. The van der Waals surface area contributed by atoms with Gasteiger partial charge >= 0.3 is 0 Å². The van der Waals surface area contributed by atoms with Crippen LogP contribution in [0.25, 0.3) is 0 Å². The highest BCUT2D eigenvalue weighted by Crippen LogP contribution is 2.42. The Morgan fingerprint density at radius 2 is 0.673 bits per heavy atom. The van der Waals surface area contributed by atoms with E-state index in [-0.39, 0.29) is 0 Å². The van der Waals surface area contributed by atoms with E-state index in [0.717, 1.165) is 22.3 Å². The van der Waals surface area contributed by atoms with Gasteiger partial charge in [-0.25, -0.2) is 0 Å². The van der Waals surface area contributed by atoms with Crippen molar-refractivity contribution in [2.45, 2.75) is 98.9 Å². The molecule has 260 valence electrons. The van der Waals surface area contributed by atoms with Gasteiger partial charge in [0.05, 0.1) is 12.1 Å². The number of nitrogens with one attached hydrogen (secondary N) is 2. The summed E-state index contributed by atoms with van der Waals surface area (Å²) < 4.78 is 0. The summed E-state index contributed by atoms with van der Waals surface area (Å²) in [4.78, 5) is 27.8. The van der Waals surface area contributed by atoms with Gasteiger partial charge in [-0.15, -0.1) is 0 Å². The molecule has 0 aliphatic heterocycles. The van der Waals surface area contributed by atoms with Crippen LogP contribution in [0.1, 0.15) is 92.5 Å². The van der Waals surface area contributed by atoms with E-state index in [2.05, 4.69) is 10.6 Å². The van der Waals surface area contributed by atoms with Crippen LogP contribution in [0.3, 0.4) is 0 Å². The molecule has 0 saturated heterocycles. The maximum Gasteiger partial charge on any atom is 0.229 e. The van der Waals surface area contributed by atoms with Crippen molar-refractivity contribution in [2.24, 2.45) is 10.8 Å². The molecule has 0 bridgehead atoms. The van der Waals surface area contributed by atoms with Gasteiger partial charge in [-0.05, 0) is 60.8 Å². The van der Waals surface area contributed by atoms with Gasteiger partial charge in [0.1, 0.15) is 17.6 Å². The number of carbonyl (C=O) groups is 2. The van der Waals surface area contributed by atoms with Gasteiger partial charge in [0, 0.05) is 0 Å². The van der Waals surface area contributed by atoms with E-state index in [1.165, 1.54) is 0 Å². The summed E-state index contributed by atoms with van der Waals surface area (Å²) in [5.41, 5.74) is 2.31. The second-order valence-electron chi connectivity index (χ2n) is 15.9. The smallest absolute Gasteiger partial charge is 0.229 e. The van der Waals surface area contributed by atoms with E-state index < -0.39 is 52.4 Å². The zero-order valence-corrected chi connectivity index (χ0v) is 30.8. The Bertz CT molecular complexity index is 1510. The van der Waals surface area contributed by atoms with Crippen molar-refractivity contribution >= 4 is 11.8 Å². The average molecular weight is 663 g/mol. The van der Waals surface area contributed by atoms with E-state index in [9.17, 15) is 19.8 Å². The molecule has 0 fully saturated rings. The third kappa shape index (κ3) is 8.31. The Balaban J connectivity index is 1.69. The molecule has 4 rings (SSSR count). The fraction of sp³-hybridized carbons (Fsp3) is 0.395. The Morgan fingerprint density at radius 3 is 0.857 bits per heavy atom. The monoisotopic (exact) mass is 662 g/mol. The fourth-order valence-corrected chi connectivity index (χ4v) is 6.70. The fourth-order valence-electron chi connectivity index (χ4n) is 6.70. The highest BCUT2D eigenvalue weighted by molar-refractivity contribution is 5.97. The number of aliphatic hydroxyl groups is 2. The Kier molecular flexibility index (Phi) is 11.0. The maximum atomic E-state index is 13.9. The van der Waals surface area contributed by atoms with Crippen molar-refractivity contribution in [1.82, 2.24) is 10.6 Å². The first-order valence-corrected chi connectivity index (χ1v) is 17.1. The second-order valence-corrected chi connectivity index (χ2v) is 15.9. The molecular weight excluding hydrogens is 608 g/mol. The largest absolute Gasteiger partial charge is 0.378 e. The molecule has 0 aliphatic rings. The van der Waals surface area contributed by atoms with Crippen molar-refractivity contribution in [2.75, 3.05) is 0 Å². The van der Waals surface area contributed by atoms with Crippen molar-refractivity contribution in [3.8, 4) is 0 Å². The highest BCUT2D eigenvalue weighted by atomic mass is 16.3. The van der Waals surface area contributed by atoms with Gasteiger partial charge in [0.2, 0.25) is 11.8 Å². The molecule has 2 amide bonds. The summed E-state index contributed by atoms with van der Waals surface area (Å²) in [6, 6.07) is 29.0. The number of hydrogen-bond donors (Lipinski definition) is 4. The molecule has 6 nitrogen and oxygen atoms in total. The Morgan fingerprint density at radius 1 is 0.469 bits per heavy atom. The topological polar surface area (TPSA) is 98.7 Å². The lowest BCUT2D eigenvalue weighted by atomic mass is 9.69. The van der Waals surface area contributed by atoms with Crippen LogP contribution >= 0.6 is 0 Å². The summed E-state index contributed by atoms with van der Waals surface area (Å²) >= 11 is 0. The molecule has 0 unspecified atom stereocenters. The normalized spacial score (nSPS) is 13.8. The zero-order valence-electron chi connectivity index (χ0n) is 30.8. The van der Waals surface area contributed by atoms with Crippen LogP contribution in [0.5, 0.6) is 0 Å². The molecule has 0 saturated carbocycles. The van der Waals surface area contributed by atoms with Gasteiger partial charge in [0.15, 0.2) is 0 Å². The van der Waals surface area contributed by atoms with Crippen molar-refractivity contribution in [3.63, 3.8) is 0 Å². The first kappa shape index (κ1) is 37.6. The number of rotatable bonds is 10. The van der Waals surface area contributed by atoms with Crippen molar-refractivity contribution in [3.05, 3.63) is 142 Å². The minimum Gasteiger partial charge on any atom is -0.378 e. The third-order valence-electron chi connectivity index (χ3n) is 9.47. The van der Waals surface area contributed by atoms with Gasteiger partial charge in [0.25, 0.3) is 0 Å². The van der Waals surface area contributed by atoms with Crippen LogP contribution in [0, 0.1) is 38.5 Å². The number of aryl methyl sites for hydroxylation is 4. The lowest BCUT2D eigenvalue weighted by molar-refractivity contribution is -0.134. The zero-order chi connectivity index (χ0) is 36.4. The Hall–Kier alpha value is -4.26. The van der Waals surface area contributed by atoms with Gasteiger partial charge < -0.3 is 20.8 Å². The third-order valence-corrected chi connectivity index (χ3v) is 9.47. The maximum absolute atomic E-state index is 13.9. The summed E-state index contributed by atoms with van der Waals surface area (Å²) in [6.07, 6.45) is -0.491. The number of hydrogen-bond acceptors (Lipinski definition) is 4. The van der Waals surface area contributed by atoms with Gasteiger partial charge in [-0.2, -0.15) is 0 Å². The Labute approximate surface area is 293 Å². The average Bonchev–Trinajstić information content (AvgIpc) is 3.02. The van der Waals surface area contributed by atoms with Crippen LogP contribution < -0.4 is 10.6 Å². The van der Waals surface area contributed by atoms with Gasteiger partial charge in [-0.3, -0.25) is 9.59 Å². The van der Waals surface area contributed by atoms with Crippen molar-refractivity contribution in [1.29, 1.82) is 0 Å². The SMILES string of the molecule is Cc1ccc(C(O)(c2ccc(C)cc2)[C@H](NC(=O)CC(=O)N[C@H](C(C)(C)C)C(O)(c2ccc(C)cc2)c2ccc(C)cc2)C(C)(C)C)cc1. The quantitative estimate of drug-likeness (QED) is 0.132. The molecule has 0 aromatic heterocycles. The molecule has 4 N–H and O–H groups in total. The predicted octanol–water partition coefficient (Wildman–Crippen LogP) is 7.54. The predicted molar refractivity (Wildman–Crippen MR) is 198 cm³/mol. The summed E-state index contributed by atoms with van der Waals surface area (Å²) in [7, 11) is 0. The minimum atomic E-state index is -1.60. The molecule has 2 atom stereocenters. The molecule has 6 heteroatoms. The molecule has 0 aliphatic carbocycles. The van der Waals surface area contributed by atoms with E-state index in [4.69, 9.17) is 0 Å². The molecule has 4 aromatic rings. The number of carbonyl (C=O) groups excluding carboxylic acids is 2. The van der Waals surface area contributed by atoms with E-state index in [0.29, 0.717) is 22.3 Å². The van der Waals surface area contributed by atoms with E-state index >= 15 is 0 Å². The number of benzene rings is 4. The minimum absolute atomic E-state index is 0.491. The molecule has 0 spiro atoms. The summed E-state index contributed by atoms with van der Waals surface area (Å²) in [5, 5.41) is 31.6. The lowest BCUT2D eigenvalue weighted by Crippen LogP contribution is -2.60. The molecule has 4 aromatic carbocycles. The first-order valence-electron chi connectivity index (χ1n) is 17.1. The molecular formula is C43H54N2O4. The molecule has 0 heterocycles. The lowest BCUT2D eigenvalue weighted by Gasteiger charge is -2.45. The van der Waals surface area contributed by atoms with Crippen molar-refractivity contribution < 1.29 is 19.8 Å². The second kappa shape index (κ2) is 14.3. The van der Waals surface area contributed by atoms with Crippen LogP contribution in [-0.2, 0) is 20.8 Å². The summed E-state index contributed by atoms with van der Waals surface area (Å²) in [5.74, 6) is -1.06. The van der Waals surface area contributed by atoms with Gasteiger partial charge in [-0.1, -0.05) is 161 Å². The van der Waals surface area contributed by atoms with Crippen LogP contribution in [0.4, 0.5) is 0 Å². The standard InChI is InChI=1S/C43H54N2O4/c1-28-11-19-32(20-12-28)42(48,33-21-13-29(2)14-22-33)38(40(5,6)7)44-36(46)27-37(47)45-39(41(8,9)10)43(49,34-23-15-30(3)16-24-34)35-25-17-31(4)18-26-35/h11-26,38-39,48-49H,27H2,1-10H3,(H,44,46)(H,45,47)/t38-,39-/m1/s1. The molecule has 49 heavy (non-hydrogen) atoms.